The van der Waals surface area contributed by atoms with Gasteiger partial charge in [-0.3, -0.25) is 4.79 Å². The lowest BCUT2D eigenvalue weighted by atomic mass is 9.96. The molecule has 0 aliphatic carbocycles. The second kappa shape index (κ2) is 10.5. The number of pyridine rings is 1. The van der Waals surface area contributed by atoms with Crippen LogP contribution in [0.15, 0.2) is 23.3 Å². The third-order valence-corrected chi connectivity index (χ3v) is 6.30. The molecular weight excluding hydrogens is 372 g/mol. The number of anilines is 1. The molecule has 1 aliphatic rings. The first-order chi connectivity index (χ1) is 13.4. The Morgan fingerprint density at radius 3 is 2.71 bits per heavy atom. The number of aliphatic imine (C=N–C) groups is 1. The number of rotatable bonds is 8. The molecule has 1 aromatic heterocycles. The zero-order valence-corrected chi connectivity index (χ0v) is 18.3. The molecule has 28 heavy (non-hydrogen) atoms. The number of carbonyl (C=O) groups is 1. The summed E-state index contributed by atoms with van der Waals surface area (Å²) in [7, 11) is 0. The number of nitrogens with two attached hydrogens (primary N) is 1. The zero-order valence-electron chi connectivity index (χ0n) is 17.5. The molecule has 1 fully saturated rings. The predicted octanol–water partition coefficient (Wildman–Crippen LogP) is 1.98. The second-order valence-corrected chi connectivity index (χ2v) is 9.18. The van der Waals surface area contributed by atoms with Crippen molar-refractivity contribution in [3.05, 3.63) is 23.9 Å². The summed E-state index contributed by atoms with van der Waals surface area (Å²) >= 11 is 1.83. The Hall–Kier alpha value is -1.96. The molecule has 0 radical (unpaired) electrons. The van der Waals surface area contributed by atoms with Crippen LogP contribution in [0.3, 0.4) is 0 Å². The fourth-order valence-corrected chi connectivity index (χ4v) is 3.31. The average Bonchev–Trinajstić information content (AvgIpc) is 2.70. The molecule has 0 aromatic carbocycles. The van der Waals surface area contributed by atoms with Crippen molar-refractivity contribution in [3.63, 3.8) is 0 Å². The molecule has 7 nitrogen and oxygen atoms in total. The first-order valence-corrected chi connectivity index (χ1v) is 11.1. The van der Waals surface area contributed by atoms with Crippen molar-refractivity contribution in [2.24, 2.45) is 16.6 Å². The van der Waals surface area contributed by atoms with E-state index in [0.717, 1.165) is 56.4 Å². The van der Waals surface area contributed by atoms with Crippen molar-refractivity contribution in [2.75, 3.05) is 37.3 Å². The molecule has 1 aliphatic heterocycles. The predicted molar refractivity (Wildman–Crippen MR) is 119 cm³/mol. The number of piperidine rings is 1. The number of aromatic nitrogens is 1. The minimum atomic E-state index is -0.194. The number of thioether (sulfide) groups is 1. The first kappa shape index (κ1) is 22.3. The number of primary amides is 1. The maximum absolute atomic E-state index is 11.4. The van der Waals surface area contributed by atoms with Gasteiger partial charge >= 0.3 is 0 Å². The zero-order chi connectivity index (χ0) is 20.6. The Kier molecular flexibility index (Phi) is 8.41. The van der Waals surface area contributed by atoms with Crippen LogP contribution in [0.25, 0.3) is 0 Å². The molecule has 0 atom stereocenters. The van der Waals surface area contributed by atoms with Gasteiger partial charge in [0, 0.05) is 48.6 Å². The van der Waals surface area contributed by atoms with Crippen molar-refractivity contribution in [1.29, 1.82) is 0 Å². The normalized spacial score (nSPS) is 16.1. The molecule has 1 aromatic rings. The van der Waals surface area contributed by atoms with Gasteiger partial charge in [0.05, 0.1) is 6.54 Å². The van der Waals surface area contributed by atoms with E-state index >= 15 is 0 Å². The fraction of sp³-hybridized carbons (Fsp3) is 0.650. The molecule has 1 saturated heterocycles. The molecule has 0 spiro atoms. The molecule has 0 unspecified atom stereocenters. The molecular formula is C20H34N6OS. The maximum atomic E-state index is 11.4. The topological polar surface area (TPSA) is 95.6 Å². The second-order valence-electron chi connectivity index (χ2n) is 7.66. The summed E-state index contributed by atoms with van der Waals surface area (Å²) in [4.78, 5) is 23.0. The van der Waals surface area contributed by atoms with Crippen LogP contribution < -0.4 is 21.3 Å². The van der Waals surface area contributed by atoms with E-state index in [0.29, 0.717) is 6.54 Å². The van der Waals surface area contributed by atoms with Gasteiger partial charge in [0.1, 0.15) is 5.82 Å². The largest absolute Gasteiger partial charge is 0.369 e. The Bertz CT molecular complexity index is 670. The summed E-state index contributed by atoms with van der Waals surface area (Å²) in [5, 5.41) is 6.74. The smallest absolute Gasteiger partial charge is 0.220 e. The van der Waals surface area contributed by atoms with Crippen LogP contribution in [0.1, 0.15) is 39.2 Å². The van der Waals surface area contributed by atoms with Gasteiger partial charge in [-0.05, 0) is 45.9 Å². The van der Waals surface area contributed by atoms with Gasteiger partial charge in [0.25, 0.3) is 0 Å². The molecule has 156 valence electrons. The summed E-state index contributed by atoms with van der Waals surface area (Å²) < 4.78 is 0.139. The fourth-order valence-electron chi connectivity index (χ4n) is 3.09. The van der Waals surface area contributed by atoms with E-state index in [1.165, 1.54) is 0 Å². The Morgan fingerprint density at radius 2 is 2.11 bits per heavy atom. The van der Waals surface area contributed by atoms with Crippen LogP contribution in [0, 0.1) is 5.92 Å². The SMILES string of the molecule is CCNC(=NCc1cccnc1N1CCC(C(N)=O)CC1)NCC(C)(C)SC. The summed E-state index contributed by atoms with van der Waals surface area (Å²) in [6.07, 6.45) is 5.49. The monoisotopic (exact) mass is 406 g/mol. The van der Waals surface area contributed by atoms with Crippen LogP contribution in [0.5, 0.6) is 0 Å². The molecule has 0 saturated carbocycles. The van der Waals surface area contributed by atoms with Gasteiger partial charge in [-0.15, -0.1) is 0 Å². The van der Waals surface area contributed by atoms with Gasteiger partial charge < -0.3 is 21.3 Å². The third kappa shape index (κ3) is 6.58. The highest BCUT2D eigenvalue weighted by molar-refractivity contribution is 7.99. The molecule has 1 amide bonds. The number of guanidine groups is 1. The lowest BCUT2D eigenvalue weighted by Gasteiger charge is -2.32. The standard InChI is InChI=1S/C20H34N6OS/c1-5-22-19(25-14-20(2,3)28-4)24-13-16-7-6-10-23-18(16)26-11-8-15(9-12-26)17(21)27/h6-7,10,15H,5,8-9,11-14H2,1-4H3,(H2,21,27)(H2,22,24,25). The van der Waals surface area contributed by atoms with Gasteiger partial charge in [-0.1, -0.05) is 6.07 Å². The molecule has 2 heterocycles. The van der Waals surface area contributed by atoms with E-state index in [1.807, 2.05) is 24.0 Å². The summed E-state index contributed by atoms with van der Waals surface area (Å²) in [5.74, 6) is 1.55. The van der Waals surface area contributed by atoms with Crippen LogP contribution in [0.2, 0.25) is 0 Å². The highest BCUT2D eigenvalue weighted by Gasteiger charge is 2.25. The Labute approximate surface area is 172 Å². The number of amides is 1. The van der Waals surface area contributed by atoms with Gasteiger partial charge in [0.2, 0.25) is 5.91 Å². The molecule has 2 rings (SSSR count). The van der Waals surface area contributed by atoms with E-state index in [-0.39, 0.29) is 16.6 Å². The van der Waals surface area contributed by atoms with Crippen molar-refractivity contribution in [1.82, 2.24) is 15.6 Å². The first-order valence-electron chi connectivity index (χ1n) is 9.91. The lowest BCUT2D eigenvalue weighted by molar-refractivity contribution is -0.122. The Balaban J connectivity index is 2.06. The average molecular weight is 407 g/mol. The Morgan fingerprint density at radius 1 is 1.39 bits per heavy atom. The lowest BCUT2D eigenvalue weighted by Crippen LogP contribution is -2.43. The molecule has 8 heteroatoms. The molecule has 0 bridgehead atoms. The summed E-state index contributed by atoms with van der Waals surface area (Å²) in [6.45, 7) is 10.3. The third-order valence-electron chi connectivity index (χ3n) is 5.05. The maximum Gasteiger partial charge on any atom is 0.220 e. The molecule has 4 N–H and O–H groups in total. The highest BCUT2D eigenvalue weighted by atomic mass is 32.2. The van der Waals surface area contributed by atoms with E-state index in [4.69, 9.17) is 10.7 Å². The van der Waals surface area contributed by atoms with E-state index in [1.54, 1.807) is 0 Å². The van der Waals surface area contributed by atoms with Crippen LogP contribution in [0.4, 0.5) is 5.82 Å². The van der Waals surface area contributed by atoms with Gasteiger partial charge in [-0.2, -0.15) is 11.8 Å². The number of nitrogens with zero attached hydrogens (tertiary/aromatic N) is 3. The van der Waals surface area contributed by atoms with Crippen LogP contribution in [-0.2, 0) is 11.3 Å². The van der Waals surface area contributed by atoms with E-state index in [2.05, 4.69) is 53.6 Å². The van der Waals surface area contributed by atoms with Gasteiger partial charge in [0.15, 0.2) is 5.96 Å². The number of nitrogens with one attached hydrogen (secondary N) is 2. The van der Waals surface area contributed by atoms with Crippen molar-refractivity contribution in [2.45, 2.75) is 44.9 Å². The minimum Gasteiger partial charge on any atom is -0.369 e. The quantitative estimate of drug-likeness (QED) is 0.451. The van der Waals surface area contributed by atoms with E-state index in [9.17, 15) is 4.79 Å². The summed E-state index contributed by atoms with van der Waals surface area (Å²) in [5.41, 5.74) is 6.54. The van der Waals surface area contributed by atoms with Crippen LogP contribution >= 0.6 is 11.8 Å². The highest BCUT2D eigenvalue weighted by Crippen LogP contribution is 2.25. The van der Waals surface area contributed by atoms with E-state index < -0.39 is 0 Å². The van der Waals surface area contributed by atoms with Crippen molar-refractivity contribution >= 4 is 29.4 Å². The van der Waals surface area contributed by atoms with Crippen molar-refractivity contribution < 1.29 is 4.79 Å². The summed E-state index contributed by atoms with van der Waals surface area (Å²) in [6, 6.07) is 4.02. The van der Waals surface area contributed by atoms with Crippen LogP contribution in [-0.4, -0.2) is 54.0 Å². The minimum absolute atomic E-state index is 0.0224. The van der Waals surface area contributed by atoms with Gasteiger partial charge in [-0.25, -0.2) is 9.98 Å². The number of hydrogen-bond donors (Lipinski definition) is 3. The number of carbonyl (C=O) groups excluding carboxylic acids is 1. The van der Waals surface area contributed by atoms with Crippen molar-refractivity contribution in [3.8, 4) is 0 Å². The number of hydrogen-bond acceptors (Lipinski definition) is 5.